The van der Waals surface area contributed by atoms with Crippen molar-refractivity contribution in [2.45, 2.75) is 32.4 Å². The Hall–Kier alpha value is -1.26. The standard InChI is InChI=1S/C12H16ClNO3/c1-7(15)12(2,3)14-11(17)8-4-5-10(16)9(13)6-8/h4-7,15-16H,1-3H3,(H,14,17). The predicted octanol–water partition coefficient (Wildman–Crippen LogP) is 1.93. The second-order valence-electron chi connectivity index (χ2n) is 4.52. The number of hydrogen-bond donors (Lipinski definition) is 3. The van der Waals surface area contributed by atoms with Gasteiger partial charge in [-0.1, -0.05) is 11.6 Å². The van der Waals surface area contributed by atoms with Gasteiger partial charge >= 0.3 is 0 Å². The molecular weight excluding hydrogens is 242 g/mol. The van der Waals surface area contributed by atoms with Gasteiger partial charge in [-0.25, -0.2) is 0 Å². The molecule has 5 heteroatoms. The number of carbonyl (C=O) groups excluding carboxylic acids is 1. The molecule has 0 fully saturated rings. The van der Waals surface area contributed by atoms with Gasteiger partial charge in [0.15, 0.2) is 0 Å². The zero-order valence-corrected chi connectivity index (χ0v) is 10.7. The van der Waals surface area contributed by atoms with Crippen molar-refractivity contribution in [1.29, 1.82) is 0 Å². The number of hydrogen-bond acceptors (Lipinski definition) is 3. The van der Waals surface area contributed by atoms with Crippen LogP contribution in [0.25, 0.3) is 0 Å². The SMILES string of the molecule is CC(O)C(C)(C)NC(=O)c1ccc(O)c(Cl)c1. The lowest BCUT2D eigenvalue weighted by molar-refractivity contribution is 0.0709. The molecule has 0 heterocycles. The fourth-order valence-corrected chi connectivity index (χ4v) is 1.30. The predicted molar refractivity (Wildman–Crippen MR) is 66.3 cm³/mol. The van der Waals surface area contributed by atoms with Gasteiger partial charge in [0, 0.05) is 5.56 Å². The van der Waals surface area contributed by atoms with Gasteiger partial charge in [-0.05, 0) is 39.0 Å². The highest BCUT2D eigenvalue weighted by atomic mass is 35.5. The fraction of sp³-hybridized carbons (Fsp3) is 0.417. The van der Waals surface area contributed by atoms with Crippen molar-refractivity contribution in [3.05, 3.63) is 28.8 Å². The van der Waals surface area contributed by atoms with Crippen LogP contribution in [0.3, 0.4) is 0 Å². The molecule has 1 amide bonds. The summed E-state index contributed by atoms with van der Waals surface area (Å²) in [6.45, 7) is 5.04. The lowest BCUT2D eigenvalue weighted by Crippen LogP contribution is -2.50. The maximum atomic E-state index is 11.9. The Morgan fingerprint density at radius 1 is 1.47 bits per heavy atom. The number of aliphatic hydroxyl groups excluding tert-OH is 1. The molecule has 0 saturated heterocycles. The Kier molecular flexibility index (Phi) is 4.01. The van der Waals surface area contributed by atoms with Gasteiger partial charge in [0.1, 0.15) is 5.75 Å². The zero-order valence-electron chi connectivity index (χ0n) is 9.99. The molecule has 1 aromatic rings. The number of rotatable bonds is 3. The van der Waals surface area contributed by atoms with Gasteiger partial charge in [-0.2, -0.15) is 0 Å². The molecule has 94 valence electrons. The van der Waals surface area contributed by atoms with E-state index >= 15 is 0 Å². The van der Waals surface area contributed by atoms with Crippen LogP contribution in [0.15, 0.2) is 18.2 Å². The molecule has 1 rings (SSSR count). The van der Waals surface area contributed by atoms with E-state index < -0.39 is 11.6 Å². The molecular formula is C12H16ClNO3. The smallest absolute Gasteiger partial charge is 0.251 e. The van der Waals surface area contributed by atoms with Crippen molar-refractivity contribution < 1.29 is 15.0 Å². The topological polar surface area (TPSA) is 69.6 Å². The van der Waals surface area contributed by atoms with Crippen LogP contribution in [0.4, 0.5) is 0 Å². The van der Waals surface area contributed by atoms with E-state index in [4.69, 9.17) is 11.6 Å². The number of carbonyl (C=O) groups is 1. The first kappa shape index (κ1) is 13.8. The maximum Gasteiger partial charge on any atom is 0.251 e. The maximum absolute atomic E-state index is 11.9. The van der Waals surface area contributed by atoms with E-state index in [2.05, 4.69) is 5.32 Å². The van der Waals surface area contributed by atoms with Crippen LogP contribution in [-0.4, -0.2) is 27.8 Å². The third kappa shape index (κ3) is 3.35. The molecule has 0 aliphatic heterocycles. The van der Waals surface area contributed by atoms with Crippen molar-refractivity contribution in [1.82, 2.24) is 5.32 Å². The highest BCUT2D eigenvalue weighted by molar-refractivity contribution is 6.32. The number of phenolic OH excluding ortho intramolecular Hbond substituents is 1. The fourth-order valence-electron chi connectivity index (χ4n) is 1.12. The van der Waals surface area contributed by atoms with E-state index in [1.807, 2.05) is 0 Å². The van der Waals surface area contributed by atoms with Crippen molar-refractivity contribution in [2.75, 3.05) is 0 Å². The van der Waals surface area contributed by atoms with Gasteiger partial charge in [0.25, 0.3) is 5.91 Å². The van der Waals surface area contributed by atoms with Crippen LogP contribution in [0.1, 0.15) is 31.1 Å². The molecule has 1 atom stereocenters. The Balaban J connectivity index is 2.87. The molecule has 0 aliphatic carbocycles. The summed E-state index contributed by atoms with van der Waals surface area (Å²) in [4.78, 5) is 11.9. The number of aliphatic hydroxyl groups is 1. The Morgan fingerprint density at radius 2 is 2.06 bits per heavy atom. The minimum Gasteiger partial charge on any atom is -0.506 e. The Bertz CT molecular complexity index is 430. The average Bonchev–Trinajstić information content (AvgIpc) is 2.21. The molecule has 1 aromatic carbocycles. The molecule has 0 saturated carbocycles. The summed E-state index contributed by atoms with van der Waals surface area (Å²) in [5.41, 5.74) is -0.400. The quantitative estimate of drug-likeness (QED) is 0.775. The largest absolute Gasteiger partial charge is 0.506 e. The third-order valence-electron chi connectivity index (χ3n) is 2.69. The number of benzene rings is 1. The summed E-state index contributed by atoms with van der Waals surface area (Å²) in [7, 11) is 0. The van der Waals surface area contributed by atoms with Gasteiger partial charge in [0.05, 0.1) is 16.7 Å². The van der Waals surface area contributed by atoms with E-state index in [0.717, 1.165) is 0 Å². The zero-order chi connectivity index (χ0) is 13.2. The Morgan fingerprint density at radius 3 is 2.53 bits per heavy atom. The third-order valence-corrected chi connectivity index (χ3v) is 2.99. The van der Waals surface area contributed by atoms with E-state index in [9.17, 15) is 15.0 Å². The van der Waals surface area contributed by atoms with E-state index in [1.165, 1.54) is 18.2 Å². The van der Waals surface area contributed by atoms with Crippen LogP contribution >= 0.6 is 11.6 Å². The average molecular weight is 258 g/mol. The molecule has 4 nitrogen and oxygen atoms in total. The van der Waals surface area contributed by atoms with Crippen LogP contribution in [0, 0.1) is 0 Å². The number of amides is 1. The summed E-state index contributed by atoms with van der Waals surface area (Å²) in [6.07, 6.45) is -0.681. The summed E-state index contributed by atoms with van der Waals surface area (Å²) in [5.74, 6) is -0.421. The summed E-state index contributed by atoms with van der Waals surface area (Å²) >= 11 is 5.71. The summed E-state index contributed by atoms with van der Waals surface area (Å²) < 4.78 is 0. The molecule has 0 bridgehead atoms. The van der Waals surface area contributed by atoms with Crippen molar-refractivity contribution in [2.24, 2.45) is 0 Å². The number of aromatic hydroxyl groups is 1. The summed E-state index contributed by atoms with van der Waals surface area (Å²) in [6, 6.07) is 4.20. The Labute approximate surface area is 105 Å². The van der Waals surface area contributed by atoms with Crippen LogP contribution < -0.4 is 5.32 Å². The highest BCUT2D eigenvalue weighted by Crippen LogP contribution is 2.24. The molecule has 1 unspecified atom stereocenters. The van der Waals surface area contributed by atoms with E-state index in [-0.39, 0.29) is 16.7 Å². The van der Waals surface area contributed by atoms with Gasteiger partial charge in [-0.3, -0.25) is 4.79 Å². The van der Waals surface area contributed by atoms with Gasteiger partial charge < -0.3 is 15.5 Å². The van der Waals surface area contributed by atoms with Gasteiger partial charge in [-0.15, -0.1) is 0 Å². The first-order chi connectivity index (χ1) is 7.74. The summed E-state index contributed by atoms with van der Waals surface area (Å²) in [5, 5.41) is 21.5. The van der Waals surface area contributed by atoms with Gasteiger partial charge in [0.2, 0.25) is 0 Å². The first-order valence-electron chi connectivity index (χ1n) is 5.23. The minimum atomic E-state index is -0.735. The number of phenols is 1. The van der Waals surface area contributed by atoms with E-state index in [0.29, 0.717) is 5.56 Å². The molecule has 3 N–H and O–H groups in total. The normalized spacial score (nSPS) is 13.2. The molecule has 0 spiro atoms. The van der Waals surface area contributed by atoms with Crippen molar-refractivity contribution in [3.8, 4) is 5.75 Å². The molecule has 0 aliphatic rings. The lowest BCUT2D eigenvalue weighted by Gasteiger charge is -2.29. The molecule has 0 radical (unpaired) electrons. The molecule has 0 aromatic heterocycles. The lowest BCUT2D eigenvalue weighted by atomic mass is 9.98. The highest BCUT2D eigenvalue weighted by Gasteiger charge is 2.26. The van der Waals surface area contributed by atoms with E-state index in [1.54, 1.807) is 20.8 Å². The second kappa shape index (κ2) is 4.94. The number of nitrogens with one attached hydrogen (secondary N) is 1. The van der Waals surface area contributed by atoms with Crippen LogP contribution in [0.2, 0.25) is 5.02 Å². The second-order valence-corrected chi connectivity index (χ2v) is 4.93. The first-order valence-corrected chi connectivity index (χ1v) is 5.61. The monoisotopic (exact) mass is 257 g/mol. The van der Waals surface area contributed by atoms with Crippen molar-refractivity contribution >= 4 is 17.5 Å². The minimum absolute atomic E-state index is 0.0713. The molecule has 17 heavy (non-hydrogen) atoms. The van der Waals surface area contributed by atoms with Crippen LogP contribution in [0.5, 0.6) is 5.75 Å². The van der Waals surface area contributed by atoms with Crippen molar-refractivity contribution in [3.63, 3.8) is 0 Å². The van der Waals surface area contributed by atoms with Crippen LogP contribution in [-0.2, 0) is 0 Å². The number of halogens is 1.